The summed E-state index contributed by atoms with van der Waals surface area (Å²) in [6.45, 7) is 6.77. The van der Waals surface area contributed by atoms with Crippen LogP contribution in [0.2, 0.25) is 0 Å². The highest BCUT2D eigenvalue weighted by Crippen LogP contribution is 2.34. The van der Waals surface area contributed by atoms with Crippen molar-refractivity contribution in [3.63, 3.8) is 0 Å². The van der Waals surface area contributed by atoms with E-state index >= 15 is 0 Å². The van der Waals surface area contributed by atoms with Crippen LogP contribution in [0.15, 0.2) is 0 Å². The molecule has 1 heterocycles. The highest BCUT2D eigenvalue weighted by Gasteiger charge is 2.39. The van der Waals surface area contributed by atoms with E-state index in [0.717, 1.165) is 38.8 Å². The molecule has 3 heteroatoms. The van der Waals surface area contributed by atoms with E-state index in [9.17, 15) is 4.79 Å². The fourth-order valence-corrected chi connectivity index (χ4v) is 2.60. The maximum absolute atomic E-state index is 12.5. The van der Waals surface area contributed by atoms with Gasteiger partial charge in [0.25, 0.3) is 0 Å². The molecule has 0 spiro atoms. The molecule has 2 unspecified atom stereocenters. The molecule has 1 rings (SSSR count). The lowest BCUT2D eigenvalue weighted by Crippen LogP contribution is -2.47. The van der Waals surface area contributed by atoms with E-state index in [1.54, 1.807) is 7.11 Å². The smallest absolute Gasteiger partial charge is 0.143 e. The number of methoxy groups -OCH3 is 1. The molecule has 0 bridgehead atoms. The quantitative estimate of drug-likeness (QED) is 0.754. The second kappa shape index (κ2) is 6.36. The van der Waals surface area contributed by atoms with Crippen molar-refractivity contribution in [1.82, 2.24) is 5.32 Å². The Bertz CT molecular complexity index is 222. The van der Waals surface area contributed by atoms with E-state index in [0.29, 0.717) is 12.4 Å². The fraction of sp³-hybridized carbons (Fsp3) is 0.923. The van der Waals surface area contributed by atoms with Gasteiger partial charge in [0.05, 0.1) is 0 Å². The third kappa shape index (κ3) is 3.05. The Labute approximate surface area is 98.9 Å². The van der Waals surface area contributed by atoms with Gasteiger partial charge in [0.2, 0.25) is 0 Å². The molecule has 1 fully saturated rings. The molecule has 2 atom stereocenters. The second-order valence-electron chi connectivity index (χ2n) is 4.96. The standard InChI is InChI=1S/C13H25NO2/c1-4-13(7-5-8-14-10-13)12(15)11(2)6-9-16-3/h11,14H,4-10H2,1-3H3. The number of hydrogen-bond donors (Lipinski definition) is 1. The summed E-state index contributed by atoms with van der Waals surface area (Å²) in [5.41, 5.74) is -0.106. The van der Waals surface area contributed by atoms with E-state index in [1.807, 2.05) is 6.92 Å². The van der Waals surface area contributed by atoms with Crippen LogP contribution in [0.5, 0.6) is 0 Å². The molecular weight excluding hydrogens is 202 g/mol. The Morgan fingerprint density at radius 2 is 2.31 bits per heavy atom. The fourth-order valence-electron chi connectivity index (χ4n) is 2.60. The maximum Gasteiger partial charge on any atom is 0.143 e. The van der Waals surface area contributed by atoms with E-state index in [1.165, 1.54) is 0 Å². The maximum atomic E-state index is 12.5. The van der Waals surface area contributed by atoms with Crippen molar-refractivity contribution in [2.45, 2.75) is 39.5 Å². The zero-order chi connectivity index (χ0) is 12.0. The molecule has 16 heavy (non-hydrogen) atoms. The molecule has 94 valence electrons. The van der Waals surface area contributed by atoms with Crippen LogP contribution in [0.4, 0.5) is 0 Å². The minimum Gasteiger partial charge on any atom is -0.385 e. The van der Waals surface area contributed by atoms with Crippen LogP contribution in [-0.4, -0.2) is 32.6 Å². The van der Waals surface area contributed by atoms with Crippen LogP contribution in [0.1, 0.15) is 39.5 Å². The number of carbonyl (C=O) groups is 1. The number of carbonyl (C=O) groups excluding carboxylic acids is 1. The Balaban J connectivity index is 2.60. The zero-order valence-corrected chi connectivity index (χ0v) is 10.8. The molecule has 1 N–H and O–H groups in total. The highest BCUT2D eigenvalue weighted by molar-refractivity contribution is 5.87. The van der Waals surface area contributed by atoms with Gasteiger partial charge >= 0.3 is 0 Å². The Kier molecular flexibility index (Phi) is 5.42. The first-order chi connectivity index (χ1) is 7.66. The van der Waals surface area contributed by atoms with Gasteiger partial charge in [-0.1, -0.05) is 13.8 Å². The number of ketones is 1. The molecular formula is C13H25NO2. The van der Waals surface area contributed by atoms with Gasteiger partial charge in [0.15, 0.2) is 0 Å². The van der Waals surface area contributed by atoms with Crippen molar-refractivity contribution < 1.29 is 9.53 Å². The van der Waals surface area contributed by atoms with Crippen molar-refractivity contribution >= 4 is 5.78 Å². The molecule has 0 aliphatic carbocycles. The van der Waals surface area contributed by atoms with Gasteiger partial charge in [-0.3, -0.25) is 4.79 Å². The SMILES string of the molecule is CCC1(C(=O)C(C)CCOC)CCCNC1. The predicted octanol–water partition coefficient (Wildman–Crippen LogP) is 2.01. The summed E-state index contributed by atoms with van der Waals surface area (Å²) >= 11 is 0. The first-order valence-corrected chi connectivity index (χ1v) is 6.40. The average molecular weight is 227 g/mol. The summed E-state index contributed by atoms with van der Waals surface area (Å²) in [4.78, 5) is 12.5. The van der Waals surface area contributed by atoms with Crippen molar-refractivity contribution in [1.29, 1.82) is 0 Å². The van der Waals surface area contributed by atoms with Crippen molar-refractivity contribution in [2.75, 3.05) is 26.8 Å². The van der Waals surface area contributed by atoms with E-state index in [4.69, 9.17) is 4.74 Å². The highest BCUT2D eigenvalue weighted by atomic mass is 16.5. The summed E-state index contributed by atoms with van der Waals surface area (Å²) in [7, 11) is 1.69. The summed E-state index contributed by atoms with van der Waals surface area (Å²) < 4.78 is 5.05. The Morgan fingerprint density at radius 1 is 1.56 bits per heavy atom. The minimum atomic E-state index is -0.106. The largest absolute Gasteiger partial charge is 0.385 e. The molecule has 1 saturated heterocycles. The number of rotatable bonds is 6. The zero-order valence-electron chi connectivity index (χ0n) is 10.8. The summed E-state index contributed by atoms with van der Waals surface area (Å²) in [5.74, 6) is 0.555. The number of nitrogens with one attached hydrogen (secondary N) is 1. The molecule has 3 nitrogen and oxygen atoms in total. The number of hydrogen-bond acceptors (Lipinski definition) is 3. The van der Waals surface area contributed by atoms with Gasteiger partial charge < -0.3 is 10.1 Å². The lowest BCUT2D eigenvalue weighted by atomic mass is 9.71. The van der Waals surface area contributed by atoms with Crippen LogP contribution < -0.4 is 5.32 Å². The van der Waals surface area contributed by atoms with Gasteiger partial charge in [0.1, 0.15) is 5.78 Å². The first kappa shape index (κ1) is 13.7. The lowest BCUT2D eigenvalue weighted by molar-refractivity contribution is -0.134. The number of ether oxygens (including phenoxy) is 1. The average Bonchev–Trinajstić information content (AvgIpc) is 2.35. The van der Waals surface area contributed by atoms with Gasteiger partial charge in [-0.2, -0.15) is 0 Å². The van der Waals surface area contributed by atoms with Crippen LogP contribution in [0, 0.1) is 11.3 Å². The summed E-state index contributed by atoms with van der Waals surface area (Å²) in [5, 5.41) is 3.37. The molecule has 0 aromatic heterocycles. The van der Waals surface area contributed by atoms with Gasteiger partial charge in [-0.25, -0.2) is 0 Å². The molecule has 0 aromatic rings. The van der Waals surface area contributed by atoms with Crippen molar-refractivity contribution in [3.8, 4) is 0 Å². The number of Topliss-reactive ketones (excluding diaryl/α,β-unsaturated/α-hetero) is 1. The lowest BCUT2D eigenvalue weighted by Gasteiger charge is -2.37. The van der Waals surface area contributed by atoms with E-state index < -0.39 is 0 Å². The Hall–Kier alpha value is -0.410. The van der Waals surface area contributed by atoms with Crippen LogP contribution in [-0.2, 0) is 9.53 Å². The van der Waals surface area contributed by atoms with E-state index in [-0.39, 0.29) is 11.3 Å². The molecule has 0 amide bonds. The minimum absolute atomic E-state index is 0.106. The monoisotopic (exact) mass is 227 g/mol. The van der Waals surface area contributed by atoms with Crippen LogP contribution in [0.25, 0.3) is 0 Å². The molecule has 0 aromatic carbocycles. The second-order valence-corrected chi connectivity index (χ2v) is 4.96. The predicted molar refractivity (Wildman–Crippen MR) is 65.5 cm³/mol. The molecule has 0 saturated carbocycles. The van der Waals surface area contributed by atoms with Gasteiger partial charge in [-0.15, -0.1) is 0 Å². The molecule has 0 radical (unpaired) electrons. The Morgan fingerprint density at radius 3 is 2.81 bits per heavy atom. The molecule has 1 aliphatic rings. The van der Waals surface area contributed by atoms with Crippen LogP contribution in [0.3, 0.4) is 0 Å². The summed E-state index contributed by atoms with van der Waals surface area (Å²) in [6, 6.07) is 0. The first-order valence-electron chi connectivity index (χ1n) is 6.40. The van der Waals surface area contributed by atoms with E-state index in [2.05, 4.69) is 12.2 Å². The third-order valence-corrected chi connectivity index (χ3v) is 3.87. The summed E-state index contributed by atoms with van der Waals surface area (Å²) in [6.07, 6.45) is 3.97. The van der Waals surface area contributed by atoms with Gasteiger partial charge in [-0.05, 0) is 32.2 Å². The molecule has 1 aliphatic heterocycles. The third-order valence-electron chi connectivity index (χ3n) is 3.87. The van der Waals surface area contributed by atoms with Gasteiger partial charge in [0, 0.05) is 31.6 Å². The normalized spacial score (nSPS) is 27.7. The van der Waals surface area contributed by atoms with Crippen LogP contribution >= 0.6 is 0 Å². The topological polar surface area (TPSA) is 38.3 Å². The van der Waals surface area contributed by atoms with Crippen molar-refractivity contribution in [2.24, 2.45) is 11.3 Å². The van der Waals surface area contributed by atoms with Crippen molar-refractivity contribution in [3.05, 3.63) is 0 Å². The number of piperidine rings is 1.